The Bertz CT molecular complexity index is 1650. The number of hydrogen-bond donors (Lipinski definition) is 3. The fourth-order valence-corrected chi connectivity index (χ4v) is 5.50. The van der Waals surface area contributed by atoms with E-state index in [0.29, 0.717) is 39.1 Å². The lowest BCUT2D eigenvalue weighted by Gasteiger charge is -2.33. The van der Waals surface area contributed by atoms with Crippen molar-refractivity contribution in [3.8, 4) is 11.3 Å². The second-order valence-electron chi connectivity index (χ2n) is 10.2. The van der Waals surface area contributed by atoms with Crippen LogP contribution in [0.3, 0.4) is 0 Å². The molecule has 208 valence electrons. The van der Waals surface area contributed by atoms with Crippen LogP contribution in [0.1, 0.15) is 39.9 Å². The predicted octanol–water partition coefficient (Wildman–Crippen LogP) is 5.32. The summed E-state index contributed by atoms with van der Waals surface area (Å²) in [4.78, 5) is 28.4. The molecule has 0 aliphatic carbocycles. The molecule has 0 radical (unpaired) electrons. The average Bonchev–Trinajstić information content (AvgIpc) is 3.14. The number of nitrogens with two attached hydrogens (primary N) is 1. The largest absolute Gasteiger partial charge is 0.371 e. The summed E-state index contributed by atoms with van der Waals surface area (Å²) in [5.74, 6) is -0.121. The minimum atomic E-state index is -0.346. The Kier molecular flexibility index (Phi) is 7.38. The van der Waals surface area contributed by atoms with Gasteiger partial charge in [0, 0.05) is 71.0 Å². The number of amides is 1. The summed E-state index contributed by atoms with van der Waals surface area (Å²) in [6.07, 6.45) is 3.43. The Morgan fingerprint density at radius 3 is 2.61 bits per heavy atom. The maximum atomic E-state index is 15.7. The lowest BCUT2D eigenvalue weighted by molar-refractivity contribution is 0.0963. The molecule has 0 atom stereocenters. The molecule has 1 aromatic heterocycles. The number of piperidine rings is 1. The minimum Gasteiger partial charge on any atom is -0.371 e. The molecule has 3 aromatic carbocycles. The summed E-state index contributed by atoms with van der Waals surface area (Å²) in [6.45, 7) is 1.77. The van der Waals surface area contributed by atoms with E-state index < -0.39 is 0 Å². The molecular formula is C31H29ClFN7O. The van der Waals surface area contributed by atoms with Gasteiger partial charge in [0.15, 0.2) is 0 Å². The topological polar surface area (TPSA) is 109 Å². The molecule has 41 heavy (non-hydrogen) atoms. The third-order valence-electron chi connectivity index (χ3n) is 7.50. The number of aromatic nitrogens is 2. The van der Waals surface area contributed by atoms with E-state index in [-0.39, 0.29) is 24.3 Å². The van der Waals surface area contributed by atoms with Gasteiger partial charge in [-0.2, -0.15) is 0 Å². The van der Waals surface area contributed by atoms with E-state index in [2.05, 4.69) is 20.5 Å². The first kappa shape index (κ1) is 26.9. The van der Waals surface area contributed by atoms with E-state index in [1.54, 1.807) is 49.6 Å². The van der Waals surface area contributed by atoms with Gasteiger partial charge >= 0.3 is 0 Å². The lowest BCUT2D eigenvalue weighted by Crippen LogP contribution is -2.40. The van der Waals surface area contributed by atoms with E-state index in [4.69, 9.17) is 27.3 Å². The minimum absolute atomic E-state index is 0.155. The predicted molar refractivity (Wildman–Crippen MR) is 161 cm³/mol. The van der Waals surface area contributed by atoms with E-state index in [0.717, 1.165) is 48.4 Å². The zero-order valence-electron chi connectivity index (χ0n) is 22.5. The standard InChI is InChI=1S/C31H29ClFN7O/c1-35-30(41)18-5-8-22(9-6-18)38-31-37-17-19-16-36-29(24-15-20(32)7-10-23(24)28(19)39-31)27-25(33)3-2-4-26(27)40-13-11-21(34)12-14-40/h2-10,15,17,21H,11-14,16,34H2,1H3,(H,35,41)(H,37,38,39). The first-order valence-corrected chi connectivity index (χ1v) is 13.9. The van der Waals surface area contributed by atoms with Crippen molar-refractivity contribution in [3.05, 3.63) is 100.0 Å². The highest BCUT2D eigenvalue weighted by molar-refractivity contribution is 6.32. The van der Waals surface area contributed by atoms with Gasteiger partial charge in [-0.05, 0) is 61.4 Å². The van der Waals surface area contributed by atoms with Crippen LogP contribution < -0.4 is 21.3 Å². The highest BCUT2D eigenvalue weighted by Gasteiger charge is 2.28. The van der Waals surface area contributed by atoms with E-state index in [1.807, 2.05) is 18.2 Å². The number of aliphatic imine (C=N–C) groups is 1. The fraction of sp³-hybridized carbons (Fsp3) is 0.226. The van der Waals surface area contributed by atoms with Crippen LogP contribution in [0.15, 0.2) is 71.9 Å². The Balaban J connectivity index is 1.40. The highest BCUT2D eigenvalue weighted by atomic mass is 35.5. The van der Waals surface area contributed by atoms with Crippen LogP contribution in [0.5, 0.6) is 0 Å². The number of anilines is 3. The third kappa shape index (κ3) is 5.38. The molecule has 1 amide bonds. The summed E-state index contributed by atoms with van der Waals surface area (Å²) in [6, 6.07) is 17.9. The zero-order valence-corrected chi connectivity index (χ0v) is 23.3. The SMILES string of the molecule is CNC(=O)c1ccc(Nc2ncc3c(n2)-c2ccc(Cl)cc2C(c2c(F)cccc2N2CCC(N)CC2)=NC3)cc1. The molecule has 8 nitrogen and oxygen atoms in total. The molecule has 6 rings (SSSR count). The van der Waals surface area contributed by atoms with Gasteiger partial charge in [-0.3, -0.25) is 9.79 Å². The molecule has 0 bridgehead atoms. The van der Waals surface area contributed by atoms with Gasteiger partial charge in [0.2, 0.25) is 5.95 Å². The van der Waals surface area contributed by atoms with Crippen molar-refractivity contribution in [2.75, 3.05) is 30.4 Å². The average molecular weight is 570 g/mol. The van der Waals surface area contributed by atoms with E-state index in [9.17, 15) is 4.79 Å². The number of nitrogens with zero attached hydrogens (tertiary/aromatic N) is 4. The second kappa shape index (κ2) is 11.3. The molecule has 10 heteroatoms. The van der Waals surface area contributed by atoms with Crippen molar-refractivity contribution in [1.82, 2.24) is 15.3 Å². The summed E-state index contributed by atoms with van der Waals surface area (Å²) in [5, 5.41) is 6.34. The summed E-state index contributed by atoms with van der Waals surface area (Å²) < 4.78 is 15.7. The summed E-state index contributed by atoms with van der Waals surface area (Å²) in [7, 11) is 1.59. The maximum Gasteiger partial charge on any atom is 0.251 e. The van der Waals surface area contributed by atoms with Crippen molar-refractivity contribution in [2.24, 2.45) is 10.7 Å². The Labute approximate surface area is 242 Å². The monoisotopic (exact) mass is 569 g/mol. The van der Waals surface area contributed by atoms with Crippen LogP contribution in [0.4, 0.5) is 21.7 Å². The first-order valence-electron chi connectivity index (χ1n) is 13.5. The van der Waals surface area contributed by atoms with Crippen LogP contribution >= 0.6 is 11.6 Å². The first-order chi connectivity index (χ1) is 19.9. The second-order valence-corrected chi connectivity index (χ2v) is 10.6. The Morgan fingerprint density at radius 2 is 1.85 bits per heavy atom. The molecule has 0 unspecified atom stereocenters. The molecule has 4 N–H and O–H groups in total. The van der Waals surface area contributed by atoms with Crippen LogP contribution in [0, 0.1) is 5.82 Å². The Hall–Kier alpha value is -4.34. The molecular weight excluding hydrogens is 541 g/mol. The highest BCUT2D eigenvalue weighted by Crippen LogP contribution is 2.37. The Morgan fingerprint density at radius 1 is 1.07 bits per heavy atom. The van der Waals surface area contributed by atoms with Gasteiger partial charge in [0.25, 0.3) is 5.91 Å². The lowest BCUT2D eigenvalue weighted by atomic mass is 9.93. The molecule has 3 heterocycles. The molecule has 0 spiro atoms. The van der Waals surface area contributed by atoms with Crippen molar-refractivity contribution >= 4 is 40.5 Å². The summed E-state index contributed by atoms with van der Waals surface area (Å²) >= 11 is 6.49. The number of halogens is 2. The number of fused-ring (bicyclic) bond motifs is 3. The van der Waals surface area contributed by atoms with Gasteiger partial charge in [-0.15, -0.1) is 0 Å². The van der Waals surface area contributed by atoms with E-state index in [1.165, 1.54) is 6.07 Å². The molecule has 0 saturated carbocycles. The summed E-state index contributed by atoms with van der Waals surface area (Å²) in [5.41, 5.74) is 12.2. The quantitative estimate of drug-likeness (QED) is 0.300. The molecule has 2 aliphatic heterocycles. The maximum absolute atomic E-state index is 15.7. The van der Waals surface area contributed by atoms with E-state index >= 15 is 4.39 Å². The third-order valence-corrected chi connectivity index (χ3v) is 7.74. The van der Waals surface area contributed by atoms with Crippen LogP contribution in [0.2, 0.25) is 5.02 Å². The number of hydrogen-bond acceptors (Lipinski definition) is 7. The van der Waals surface area contributed by atoms with Crippen molar-refractivity contribution in [3.63, 3.8) is 0 Å². The number of carbonyl (C=O) groups excluding carboxylic acids is 1. The van der Waals surface area contributed by atoms with Gasteiger partial charge in [-0.1, -0.05) is 23.7 Å². The molecule has 1 saturated heterocycles. The van der Waals surface area contributed by atoms with Gasteiger partial charge < -0.3 is 21.3 Å². The van der Waals surface area contributed by atoms with Gasteiger partial charge in [0.1, 0.15) is 5.82 Å². The zero-order chi connectivity index (χ0) is 28.5. The number of rotatable bonds is 5. The molecule has 4 aromatic rings. The molecule has 2 aliphatic rings. The fourth-order valence-electron chi connectivity index (χ4n) is 5.33. The van der Waals surface area contributed by atoms with Crippen molar-refractivity contribution in [1.29, 1.82) is 0 Å². The van der Waals surface area contributed by atoms with Gasteiger partial charge in [0.05, 0.1) is 23.5 Å². The van der Waals surface area contributed by atoms with Crippen molar-refractivity contribution in [2.45, 2.75) is 25.4 Å². The number of benzene rings is 3. The van der Waals surface area contributed by atoms with Crippen LogP contribution in [0.25, 0.3) is 11.3 Å². The van der Waals surface area contributed by atoms with Gasteiger partial charge in [-0.25, -0.2) is 14.4 Å². The van der Waals surface area contributed by atoms with Crippen molar-refractivity contribution < 1.29 is 9.18 Å². The smallest absolute Gasteiger partial charge is 0.251 e. The number of carbonyl (C=O) groups is 1. The van der Waals surface area contributed by atoms with Crippen LogP contribution in [-0.2, 0) is 6.54 Å². The molecule has 1 fully saturated rings. The van der Waals surface area contributed by atoms with Crippen LogP contribution in [-0.4, -0.2) is 47.8 Å². The number of nitrogens with one attached hydrogen (secondary N) is 2. The normalized spacial score (nSPS) is 14.9.